The summed E-state index contributed by atoms with van der Waals surface area (Å²) in [5.41, 5.74) is 13.1. The number of nitrogens with zero attached hydrogens (tertiary/aromatic N) is 1. The van der Waals surface area contributed by atoms with Gasteiger partial charge in [0.2, 0.25) is 0 Å². The molecule has 0 saturated heterocycles. The summed E-state index contributed by atoms with van der Waals surface area (Å²) < 4.78 is 0. The molecule has 0 amide bonds. The zero-order valence-electron chi connectivity index (χ0n) is 32.5. The first-order chi connectivity index (χ1) is 29.3. The van der Waals surface area contributed by atoms with Crippen molar-refractivity contribution in [1.82, 2.24) is 0 Å². The van der Waals surface area contributed by atoms with E-state index in [2.05, 4.69) is 241 Å². The molecule has 11 rings (SSSR count). The maximum atomic E-state index is 2.46. The molecule has 11 aromatic carbocycles. The third-order valence-corrected chi connectivity index (χ3v) is 11.8. The first-order valence-electron chi connectivity index (χ1n) is 20.3. The maximum Gasteiger partial charge on any atom is 0.0540 e. The SMILES string of the molecule is c1ccc(-c2ccc3cc(N(c4ccccc4-c4ccc5c(c4)c(-c4ccccc4)c(-c4ccccc4)c4ccccc45)c4cccc5ccccc45)ccc3c2)cc1. The van der Waals surface area contributed by atoms with Crippen LogP contribution in [0.1, 0.15) is 0 Å². The average molecular weight is 750 g/mol. The molecule has 0 aliphatic carbocycles. The van der Waals surface area contributed by atoms with E-state index >= 15 is 0 Å². The summed E-state index contributed by atoms with van der Waals surface area (Å²) in [6.45, 7) is 0. The van der Waals surface area contributed by atoms with E-state index in [4.69, 9.17) is 0 Å². The minimum Gasteiger partial charge on any atom is -0.309 e. The number of hydrogen-bond acceptors (Lipinski definition) is 1. The Labute approximate surface area is 344 Å². The Kier molecular flexibility index (Phi) is 8.56. The standard InChI is InChI=1S/C58H39N/c1-4-17-40(18-5-1)44-31-32-46-38-48(35-33-45(46)37-44)59(56-30-16-24-41-19-10-11-25-49(41)56)55-29-15-14-26-50(55)47-34-36-52-51-27-12-13-28-53(51)57(42-20-6-2-7-21-42)58(54(52)39-47)43-22-8-3-9-23-43/h1-39H. The Hall–Kier alpha value is -7.74. The summed E-state index contributed by atoms with van der Waals surface area (Å²) in [4.78, 5) is 2.46. The van der Waals surface area contributed by atoms with E-state index in [1.807, 2.05) is 0 Å². The normalized spacial score (nSPS) is 11.4. The van der Waals surface area contributed by atoms with E-state index < -0.39 is 0 Å². The van der Waals surface area contributed by atoms with Gasteiger partial charge < -0.3 is 4.90 Å². The van der Waals surface area contributed by atoms with Gasteiger partial charge >= 0.3 is 0 Å². The smallest absolute Gasteiger partial charge is 0.0540 e. The van der Waals surface area contributed by atoms with Gasteiger partial charge in [-0.15, -0.1) is 0 Å². The summed E-state index contributed by atoms with van der Waals surface area (Å²) in [5.74, 6) is 0. The molecular weight excluding hydrogens is 711 g/mol. The molecule has 0 aromatic heterocycles. The largest absolute Gasteiger partial charge is 0.309 e. The predicted octanol–water partition coefficient (Wildman–Crippen LogP) is 16.4. The zero-order valence-corrected chi connectivity index (χ0v) is 32.5. The molecule has 0 fully saturated rings. The summed E-state index contributed by atoms with van der Waals surface area (Å²) in [6, 6.07) is 86.3. The summed E-state index contributed by atoms with van der Waals surface area (Å²) in [5, 5.41) is 9.81. The van der Waals surface area contributed by atoms with E-state index in [-0.39, 0.29) is 0 Å². The van der Waals surface area contributed by atoms with E-state index in [9.17, 15) is 0 Å². The summed E-state index contributed by atoms with van der Waals surface area (Å²) in [7, 11) is 0. The molecular formula is C58H39N. The van der Waals surface area contributed by atoms with E-state index in [0.29, 0.717) is 0 Å². The van der Waals surface area contributed by atoms with Gasteiger partial charge in [0.1, 0.15) is 0 Å². The highest BCUT2D eigenvalue weighted by molar-refractivity contribution is 6.22. The molecule has 0 bridgehead atoms. The van der Waals surface area contributed by atoms with Crippen molar-refractivity contribution >= 4 is 60.2 Å². The Morgan fingerprint density at radius 3 is 1.53 bits per heavy atom. The van der Waals surface area contributed by atoms with E-state index in [0.717, 1.165) is 28.2 Å². The van der Waals surface area contributed by atoms with Gasteiger partial charge in [0.05, 0.1) is 11.4 Å². The lowest BCUT2D eigenvalue weighted by atomic mass is 9.84. The number of para-hydroxylation sites is 1. The highest BCUT2D eigenvalue weighted by atomic mass is 15.1. The molecule has 0 unspecified atom stereocenters. The van der Waals surface area contributed by atoms with Gasteiger partial charge in [-0.2, -0.15) is 0 Å². The second kappa shape index (κ2) is 14.6. The van der Waals surface area contributed by atoms with Gasteiger partial charge in [0, 0.05) is 16.6 Å². The molecule has 1 nitrogen and oxygen atoms in total. The van der Waals surface area contributed by atoms with Gasteiger partial charge in [-0.3, -0.25) is 0 Å². The minimum absolute atomic E-state index is 1.11. The Bertz CT molecular complexity index is 3310. The van der Waals surface area contributed by atoms with Crippen LogP contribution in [0.15, 0.2) is 237 Å². The average Bonchev–Trinajstić information content (AvgIpc) is 3.32. The first kappa shape index (κ1) is 34.5. The fraction of sp³-hybridized carbons (Fsp3) is 0. The molecule has 59 heavy (non-hydrogen) atoms. The first-order valence-corrected chi connectivity index (χ1v) is 20.3. The number of anilines is 3. The molecule has 0 aliphatic heterocycles. The van der Waals surface area contributed by atoms with Gasteiger partial charge in [-0.1, -0.05) is 200 Å². The third-order valence-electron chi connectivity index (χ3n) is 11.8. The van der Waals surface area contributed by atoms with Crippen LogP contribution in [-0.4, -0.2) is 0 Å². The summed E-state index contributed by atoms with van der Waals surface area (Å²) >= 11 is 0. The predicted molar refractivity (Wildman–Crippen MR) is 253 cm³/mol. The molecule has 0 aliphatic rings. The fourth-order valence-electron chi connectivity index (χ4n) is 9.07. The Morgan fingerprint density at radius 1 is 0.237 bits per heavy atom. The molecule has 0 N–H and O–H groups in total. The van der Waals surface area contributed by atoms with Crippen molar-refractivity contribution in [3.63, 3.8) is 0 Å². The molecule has 0 radical (unpaired) electrons. The van der Waals surface area contributed by atoms with Crippen LogP contribution < -0.4 is 4.90 Å². The molecule has 1 heteroatoms. The second-order valence-corrected chi connectivity index (χ2v) is 15.3. The van der Waals surface area contributed by atoms with E-state index in [1.165, 1.54) is 76.5 Å². The van der Waals surface area contributed by atoms with Gasteiger partial charge in [-0.25, -0.2) is 0 Å². The lowest BCUT2D eigenvalue weighted by molar-refractivity contribution is 1.30. The van der Waals surface area contributed by atoms with Crippen LogP contribution in [-0.2, 0) is 0 Å². The van der Waals surface area contributed by atoms with Crippen molar-refractivity contribution in [3.8, 4) is 44.5 Å². The van der Waals surface area contributed by atoms with Crippen LogP contribution >= 0.6 is 0 Å². The fourth-order valence-corrected chi connectivity index (χ4v) is 9.07. The van der Waals surface area contributed by atoms with Crippen LogP contribution in [0.3, 0.4) is 0 Å². The highest BCUT2D eigenvalue weighted by Gasteiger charge is 2.22. The zero-order chi connectivity index (χ0) is 39.1. The van der Waals surface area contributed by atoms with Crippen molar-refractivity contribution in [1.29, 1.82) is 0 Å². The monoisotopic (exact) mass is 749 g/mol. The van der Waals surface area contributed by atoms with Crippen LogP contribution in [0.4, 0.5) is 17.1 Å². The summed E-state index contributed by atoms with van der Waals surface area (Å²) in [6.07, 6.45) is 0. The van der Waals surface area contributed by atoms with Crippen LogP contribution in [0.25, 0.3) is 87.6 Å². The Balaban J connectivity index is 1.16. The topological polar surface area (TPSA) is 3.24 Å². The minimum atomic E-state index is 1.11. The second-order valence-electron chi connectivity index (χ2n) is 15.3. The van der Waals surface area contributed by atoms with Gasteiger partial charge in [0.15, 0.2) is 0 Å². The molecule has 0 saturated carbocycles. The number of fused-ring (bicyclic) bond motifs is 5. The lowest BCUT2D eigenvalue weighted by Crippen LogP contribution is -2.11. The Morgan fingerprint density at radius 2 is 0.763 bits per heavy atom. The molecule has 11 aromatic rings. The molecule has 0 atom stereocenters. The number of benzene rings is 11. The molecule has 0 heterocycles. The van der Waals surface area contributed by atoms with Crippen molar-refractivity contribution in [2.75, 3.05) is 4.90 Å². The van der Waals surface area contributed by atoms with Crippen LogP contribution in [0.5, 0.6) is 0 Å². The third kappa shape index (κ3) is 6.12. The quantitative estimate of drug-likeness (QED) is 0.147. The maximum absolute atomic E-state index is 2.46. The number of hydrogen-bond donors (Lipinski definition) is 0. The van der Waals surface area contributed by atoms with Crippen LogP contribution in [0.2, 0.25) is 0 Å². The molecule has 0 spiro atoms. The van der Waals surface area contributed by atoms with Crippen molar-refractivity contribution < 1.29 is 0 Å². The highest BCUT2D eigenvalue weighted by Crippen LogP contribution is 2.48. The van der Waals surface area contributed by atoms with Crippen molar-refractivity contribution in [3.05, 3.63) is 237 Å². The van der Waals surface area contributed by atoms with Crippen LogP contribution in [0, 0.1) is 0 Å². The van der Waals surface area contributed by atoms with Crippen molar-refractivity contribution in [2.24, 2.45) is 0 Å². The van der Waals surface area contributed by atoms with Gasteiger partial charge in [0.25, 0.3) is 0 Å². The van der Waals surface area contributed by atoms with Gasteiger partial charge in [-0.05, 0) is 113 Å². The van der Waals surface area contributed by atoms with E-state index in [1.54, 1.807) is 0 Å². The lowest BCUT2D eigenvalue weighted by Gasteiger charge is -2.29. The van der Waals surface area contributed by atoms with Crippen molar-refractivity contribution in [2.45, 2.75) is 0 Å². The number of rotatable bonds is 7. The molecule has 276 valence electrons.